The maximum Gasteiger partial charge on any atom is 0.0611 e. The van der Waals surface area contributed by atoms with Crippen LogP contribution in [0.1, 0.15) is 53.9 Å². The molecule has 3 heteroatoms. The van der Waals surface area contributed by atoms with E-state index in [1.54, 1.807) is 0 Å². The van der Waals surface area contributed by atoms with Gasteiger partial charge in [0, 0.05) is 16.8 Å². The zero-order chi connectivity index (χ0) is 12.6. The lowest BCUT2D eigenvalue weighted by Gasteiger charge is -2.33. The van der Waals surface area contributed by atoms with Crippen LogP contribution in [-0.2, 0) is 0 Å². The van der Waals surface area contributed by atoms with Crippen LogP contribution in [0.2, 0.25) is 0 Å². The van der Waals surface area contributed by atoms with E-state index >= 15 is 0 Å². The molecule has 0 spiro atoms. The minimum absolute atomic E-state index is 0.132. The Bertz CT molecular complexity index is 175. The molecule has 0 aromatic carbocycles. The summed E-state index contributed by atoms with van der Waals surface area (Å²) in [7, 11) is 0. The Morgan fingerprint density at radius 2 is 1.94 bits per heavy atom. The maximum atomic E-state index is 9.48. The number of aliphatic hydroxyl groups excluding tert-OH is 1. The average molecular weight is 247 g/mol. The van der Waals surface area contributed by atoms with E-state index in [4.69, 9.17) is 0 Å². The Morgan fingerprint density at radius 3 is 2.38 bits per heavy atom. The number of thioether (sulfide) groups is 1. The second-order valence-corrected chi connectivity index (χ2v) is 6.80. The third kappa shape index (κ3) is 7.53. The van der Waals surface area contributed by atoms with Gasteiger partial charge < -0.3 is 10.4 Å². The standard InChI is InChI=1S/C13H29NOS/c1-6-7-8-16-12(4)9-13(5,10-15)14-11(2)3/h11-12,14-15H,6-10H2,1-5H3. The van der Waals surface area contributed by atoms with E-state index in [-0.39, 0.29) is 12.1 Å². The van der Waals surface area contributed by atoms with Crippen LogP contribution in [0.4, 0.5) is 0 Å². The molecule has 98 valence electrons. The Labute approximate surface area is 106 Å². The van der Waals surface area contributed by atoms with E-state index in [1.807, 2.05) is 11.8 Å². The highest BCUT2D eigenvalue weighted by molar-refractivity contribution is 7.99. The minimum Gasteiger partial charge on any atom is -0.394 e. The third-order valence-electron chi connectivity index (χ3n) is 2.62. The largest absolute Gasteiger partial charge is 0.394 e. The second kappa shape index (κ2) is 8.37. The molecule has 0 rings (SSSR count). The van der Waals surface area contributed by atoms with Gasteiger partial charge in [-0.15, -0.1) is 0 Å². The van der Waals surface area contributed by atoms with E-state index in [9.17, 15) is 5.11 Å². The van der Waals surface area contributed by atoms with Crippen molar-refractivity contribution in [2.45, 2.75) is 70.7 Å². The predicted octanol–water partition coefficient (Wildman–Crippen LogP) is 3.05. The van der Waals surface area contributed by atoms with Crippen molar-refractivity contribution in [3.8, 4) is 0 Å². The zero-order valence-corrected chi connectivity index (χ0v) is 12.4. The van der Waals surface area contributed by atoms with Gasteiger partial charge in [-0.3, -0.25) is 0 Å². The smallest absolute Gasteiger partial charge is 0.0611 e. The third-order valence-corrected chi connectivity index (χ3v) is 3.88. The molecule has 2 nitrogen and oxygen atoms in total. The van der Waals surface area contributed by atoms with E-state index in [1.165, 1.54) is 18.6 Å². The van der Waals surface area contributed by atoms with E-state index in [0.717, 1.165) is 6.42 Å². The summed E-state index contributed by atoms with van der Waals surface area (Å²) in [6.45, 7) is 11.1. The summed E-state index contributed by atoms with van der Waals surface area (Å²) >= 11 is 2.02. The lowest BCUT2D eigenvalue weighted by atomic mass is 9.96. The second-order valence-electron chi connectivity index (χ2n) is 5.26. The molecule has 0 heterocycles. The summed E-state index contributed by atoms with van der Waals surface area (Å²) in [5, 5.41) is 13.6. The molecule has 0 fully saturated rings. The molecule has 2 unspecified atom stereocenters. The Morgan fingerprint density at radius 1 is 1.31 bits per heavy atom. The first kappa shape index (κ1) is 16.3. The van der Waals surface area contributed by atoms with Crippen molar-refractivity contribution in [1.29, 1.82) is 0 Å². The Hall–Kier alpha value is 0.270. The lowest BCUT2D eigenvalue weighted by Crippen LogP contribution is -2.50. The van der Waals surface area contributed by atoms with Gasteiger partial charge in [0.2, 0.25) is 0 Å². The van der Waals surface area contributed by atoms with Crippen molar-refractivity contribution in [2.24, 2.45) is 0 Å². The summed E-state index contributed by atoms with van der Waals surface area (Å²) < 4.78 is 0. The van der Waals surface area contributed by atoms with Crippen LogP contribution in [0, 0.1) is 0 Å². The summed E-state index contributed by atoms with van der Waals surface area (Å²) in [6.07, 6.45) is 3.58. The highest BCUT2D eigenvalue weighted by Gasteiger charge is 2.26. The van der Waals surface area contributed by atoms with Gasteiger partial charge in [-0.2, -0.15) is 11.8 Å². The number of hydrogen-bond acceptors (Lipinski definition) is 3. The van der Waals surface area contributed by atoms with Gasteiger partial charge >= 0.3 is 0 Å². The van der Waals surface area contributed by atoms with Crippen molar-refractivity contribution in [3.63, 3.8) is 0 Å². The van der Waals surface area contributed by atoms with Crippen molar-refractivity contribution < 1.29 is 5.11 Å². The molecular formula is C13H29NOS. The van der Waals surface area contributed by atoms with E-state index in [0.29, 0.717) is 11.3 Å². The normalized spacial score (nSPS) is 17.4. The molecule has 16 heavy (non-hydrogen) atoms. The van der Waals surface area contributed by atoms with Crippen LogP contribution in [0.5, 0.6) is 0 Å². The monoisotopic (exact) mass is 247 g/mol. The average Bonchev–Trinajstić information content (AvgIpc) is 2.16. The lowest BCUT2D eigenvalue weighted by molar-refractivity contribution is 0.157. The Balaban J connectivity index is 3.99. The van der Waals surface area contributed by atoms with E-state index in [2.05, 4.69) is 39.9 Å². The molecule has 0 aliphatic carbocycles. The minimum atomic E-state index is -0.132. The molecule has 0 saturated heterocycles. The molecule has 0 radical (unpaired) electrons. The highest BCUT2D eigenvalue weighted by Crippen LogP contribution is 2.23. The summed E-state index contributed by atoms with van der Waals surface area (Å²) in [4.78, 5) is 0. The fraction of sp³-hybridized carbons (Fsp3) is 1.00. The van der Waals surface area contributed by atoms with Crippen LogP contribution in [0.25, 0.3) is 0 Å². The molecule has 0 aliphatic rings. The number of aliphatic hydroxyl groups is 1. The highest BCUT2D eigenvalue weighted by atomic mass is 32.2. The number of rotatable bonds is 9. The van der Waals surface area contributed by atoms with Crippen LogP contribution >= 0.6 is 11.8 Å². The molecule has 0 aliphatic heterocycles. The predicted molar refractivity (Wildman–Crippen MR) is 75.2 cm³/mol. The summed E-state index contributed by atoms with van der Waals surface area (Å²) in [5.74, 6) is 1.24. The van der Waals surface area contributed by atoms with Gasteiger partial charge in [0.05, 0.1) is 6.61 Å². The van der Waals surface area contributed by atoms with Gasteiger partial charge in [0.1, 0.15) is 0 Å². The molecule has 0 amide bonds. The fourth-order valence-electron chi connectivity index (χ4n) is 1.99. The maximum absolute atomic E-state index is 9.48. The van der Waals surface area contributed by atoms with Crippen molar-refractivity contribution in [3.05, 3.63) is 0 Å². The van der Waals surface area contributed by atoms with Crippen LogP contribution in [-0.4, -0.2) is 34.3 Å². The molecule has 0 saturated carbocycles. The first-order chi connectivity index (χ1) is 7.43. The molecule has 2 N–H and O–H groups in total. The molecule has 0 bridgehead atoms. The SMILES string of the molecule is CCCCSC(C)CC(C)(CO)NC(C)C. The van der Waals surface area contributed by atoms with Crippen LogP contribution < -0.4 is 5.32 Å². The quantitative estimate of drug-likeness (QED) is 0.614. The van der Waals surface area contributed by atoms with Gasteiger partial charge in [-0.05, 0) is 25.5 Å². The zero-order valence-electron chi connectivity index (χ0n) is 11.5. The van der Waals surface area contributed by atoms with Crippen LogP contribution in [0.15, 0.2) is 0 Å². The Kier molecular flexibility index (Phi) is 8.52. The molecule has 2 atom stereocenters. The first-order valence-corrected chi connectivity index (χ1v) is 7.48. The van der Waals surface area contributed by atoms with Crippen LogP contribution in [0.3, 0.4) is 0 Å². The van der Waals surface area contributed by atoms with Crippen molar-refractivity contribution in [1.82, 2.24) is 5.32 Å². The summed E-state index contributed by atoms with van der Waals surface area (Å²) in [5.41, 5.74) is -0.132. The van der Waals surface area contributed by atoms with Gasteiger partial charge in [0.25, 0.3) is 0 Å². The molecule has 0 aromatic rings. The fourth-order valence-corrected chi connectivity index (χ4v) is 3.33. The number of nitrogens with one attached hydrogen (secondary N) is 1. The molecular weight excluding hydrogens is 218 g/mol. The van der Waals surface area contributed by atoms with Gasteiger partial charge in [-0.25, -0.2) is 0 Å². The van der Waals surface area contributed by atoms with E-state index < -0.39 is 0 Å². The number of unbranched alkanes of at least 4 members (excludes halogenated alkanes) is 1. The van der Waals surface area contributed by atoms with Gasteiger partial charge in [0.15, 0.2) is 0 Å². The first-order valence-electron chi connectivity index (χ1n) is 6.43. The van der Waals surface area contributed by atoms with Gasteiger partial charge in [-0.1, -0.05) is 34.1 Å². The van der Waals surface area contributed by atoms with Crippen molar-refractivity contribution in [2.75, 3.05) is 12.4 Å². The number of hydrogen-bond donors (Lipinski definition) is 2. The van der Waals surface area contributed by atoms with Crippen molar-refractivity contribution >= 4 is 11.8 Å². The summed E-state index contributed by atoms with van der Waals surface area (Å²) in [6, 6.07) is 0.421. The molecule has 0 aromatic heterocycles. The topological polar surface area (TPSA) is 32.3 Å².